The average molecular weight is 241 g/mol. The Kier molecular flexibility index (Phi) is 2.93. The summed E-state index contributed by atoms with van der Waals surface area (Å²) in [5.41, 5.74) is 1.38. The number of anilines is 1. The van der Waals surface area contributed by atoms with Gasteiger partial charge in [-0.2, -0.15) is 0 Å². The van der Waals surface area contributed by atoms with Gasteiger partial charge in [0.15, 0.2) is 5.78 Å². The molecule has 0 aromatic heterocycles. The minimum Gasteiger partial charge on any atom is -0.289 e. The molecule has 0 unspecified atom stereocenters. The van der Waals surface area contributed by atoms with Crippen molar-refractivity contribution in [3.05, 3.63) is 54.1 Å². The standard InChI is InChI=1S/C14H11NO3/c1-9(2)14(18)10-3-5-11(6-4-10)15-12(16)7-8-13(15)17/h3-8H,1H2,2H3. The molecule has 0 aliphatic carbocycles. The van der Waals surface area contributed by atoms with Crippen molar-refractivity contribution in [2.45, 2.75) is 6.92 Å². The van der Waals surface area contributed by atoms with Gasteiger partial charge in [-0.1, -0.05) is 6.58 Å². The van der Waals surface area contributed by atoms with E-state index in [1.807, 2.05) is 0 Å². The summed E-state index contributed by atoms with van der Waals surface area (Å²) in [5, 5.41) is 0. The first kappa shape index (κ1) is 12.0. The van der Waals surface area contributed by atoms with Crippen LogP contribution in [-0.4, -0.2) is 17.6 Å². The van der Waals surface area contributed by atoms with Crippen LogP contribution in [0.1, 0.15) is 17.3 Å². The van der Waals surface area contributed by atoms with Crippen LogP contribution in [0.2, 0.25) is 0 Å². The van der Waals surface area contributed by atoms with E-state index in [0.29, 0.717) is 16.8 Å². The number of amides is 2. The molecule has 0 saturated heterocycles. The van der Waals surface area contributed by atoms with E-state index in [2.05, 4.69) is 6.58 Å². The number of hydrogen-bond donors (Lipinski definition) is 0. The number of hydrogen-bond acceptors (Lipinski definition) is 3. The number of nitrogens with zero attached hydrogens (tertiary/aromatic N) is 1. The number of imide groups is 1. The molecular formula is C14H11NO3. The van der Waals surface area contributed by atoms with Crippen molar-refractivity contribution in [3.63, 3.8) is 0 Å². The largest absolute Gasteiger partial charge is 0.289 e. The lowest BCUT2D eigenvalue weighted by Gasteiger charge is -2.13. The molecule has 1 aromatic rings. The highest BCUT2D eigenvalue weighted by Crippen LogP contribution is 2.20. The van der Waals surface area contributed by atoms with Crippen LogP contribution in [0.4, 0.5) is 5.69 Å². The Bertz CT molecular complexity index is 564. The van der Waals surface area contributed by atoms with E-state index in [0.717, 1.165) is 4.90 Å². The first-order valence-corrected chi connectivity index (χ1v) is 5.37. The number of carbonyl (C=O) groups is 3. The van der Waals surface area contributed by atoms with Gasteiger partial charge in [0, 0.05) is 17.7 Å². The molecule has 0 atom stereocenters. The lowest BCUT2D eigenvalue weighted by atomic mass is 10.1. The van der Waals surface area contributed by atoms with E-state index in [-0.39, 0.29) is 17.6 Å². The number of allylic oxidation sites excluding steroid dienone is 1. The zero-order chi connectivity index (χ0) is 13.3. The molecule has 4 heteroatoms. The van der Waals surface area contributed by atoms with Crippen molar-refractivity contribution in [1.82, 2.24) is 0 Å². The van der Waals surface area contributed by atoms with Crippen LogP contribution in [0.5, 0.6) is 0 Å². The van der Waals surface area contributed by atoms with E-state index >= 15 is 0 Å². The Morgan fingerprint density at radius 1 is 1.06 bits per heavy atom. The third-order valence-electron chi connectivity index (χ3n) is 2.58. The van der Waals surface area contributed by atoms with E-state index < -0.39 is 0 Å². The third-order valence-corrected chi connectivity index (χ3v) is 2.58. The van der Waals surface area contributed by atoms with Crippen molar-refractivity contribution in [3.8, 4) is 0 Å². The Labute approximate surface area is 104 Å². The van der Waals surface area contributed by atoms with Crippen molar-refractivity contribution < 1.29 is 14.4 Å². The first-order chi connectivity index (χ1) is 8.50. The van der Waals surface area contributed by atoms with Crippen molar-refractivity contribution in [1.29, 1.82) is 0 Å². The second-order valence-electron chi connectivity index (χ2n) is 4.00. The van der Waals surface area contributed by atoms with Gasteiger partial charge in [0.1, 0.15) is 0 Å². The number of rotatable bonds is 3. The Hall–Kier alpha value is -2.49. The summed E-state index contributed by atoms with van der Waals surface area (Å²) in [4.78, 5) is 35.6. The summed E-state index contributed by atoms with van der Waals surface area (Å²) in [6, 6.07) is 6.29. The highest BCUT2D eigenvalue weighted by atomic mass is 16.2. The van der Waals surface area contributed by atoms with Crippen LogP contribution in [-0.2, 0) is 9.59 Å². The second-order valence-corrected chi connectivity index (χ2v) is 4.00. The Morgan fingerprint density at radius 3 is 2.00 bits per heavy atom. The van der Waals surface area contributed by atoms with Crippen LogP contribution >= 0.6 is 0 Å². The molecule has 1 heterocycles. The van der Waals surface area contributed by atoms with Crippen molar-refractivity contribution in [2.24, 2.45) is 0 Å². The minimum atomic E-state index is -0.376. The zero-order valence-electron chi connectivity index (χ0n) is 9.84. The maximum Gasteiger partial charge on any atom is 0.258 e. The maximum atomic E-state index is 11.6. The number of carbonyl (C=O) groups excluding carboxylic acids is 3. The maximum absolute atomic E-state index is 11.6. The molecule has 1 aliphatic heterocycles. The predicted molar refractivity (Wildman–Crippen MR) is 67.2 cm³/mol. The number of benzene rings is 1. The molecule has 0 saturated carbocycles. The van der Waals surface area contributed by atoms with E-state index in [4.69, 9.17) is 0 Å². The van der Waals surface area contributed by atoms with Crippen LogP contribution in [0.15, 0.2) is 48.6 Å². The van der Waals surface area contributed by atoms with Crippen LogP contribution < -0.4 is 4.90 Å². The van der Waals surface area contributed by atoms with Crippen LogP contribution in [0, 0.1) is 0 Å². The Morgan fingerprint density at radius 2 is 1.56 bits per heavy atom. The summed E-state index contributed by atoms with van der Waals surface area (Å²) in [5.74, 6) is -0.906. The van der Waals surface area contributed by atoms with E-state index in [1.54, 1.807) is 31.2 Å². The second kappa shape index (κ2) is 4.41. The van der Waals surface area contributed by atoms with Gasteiger partial charge in [-0.3, -0.25) is 14.4 Å². The van der Waals surface area contributed by atoms with Crippen LogP contribution in [0.25, 0.3) is 0 Å². The van der Waals surface area contributed by atoms with Gasteiger partial charge in [0.05, 0.1) is 5.69 Å². The van der Waals surface area contributed by atoms with Crippen molar-refractivity contribution in [2.75, 3.05) is 4.90 Å². The normalized spacial score (nSPS) is 14.2. The van der Waals surface area contributed by atoms with E-state index in [9.17, 15) is 14.4 Å². The molecule has 1 aromatic carbocycles. The number of Topliss-reactive ketones (excluding diaryl/α,β-unsaturated/α-hetero) is 1. The summed E-state index contributed by atoms with van der Waals surface area (Å²) in [7, 11) is 0. The number of ketones is 1. The molecule has 1 aliphatic rings. The summed E-state index contributed by atoms with van der Waals surface area (Å²) < 4.78 is 0. The fraction of sp³-hybridized carbons (Fsp3) is 0.0714. The minimum absolute atomic E-state index is 0.154. The fourth-order valence-corrected chi connectivity index (χ4v) is 1.66. The molecular weight excluding hydrogens is 230 g/mol. The van der Waals surface area contributed by atoms with Gasteiger partial charge in [-0.05, 0) is 36.8 Å². The summed E-state index contributed by atoms with van der Waals surface area (Å²) >= 11 is 0. The SMILES string of the molecule is C=C(C)C(=O)c1ccc(N2C(=O)C=CC2=O)cc1. The van der Waals surface area contributed by atoms with Gasteiger partial charge in [-0.25, -0.2) is 4.90 Å². The lowest BCUT2D eigenvalue weighted by molar-refractivity contribution is -0.119. The third kappa shape index (κ3) is 2.00. The average Bonchev–Trinajstić information content (AvgIpc) is 2.68. The molecule has 0 spiro atoms. The molecule has 0 N–H and O–H groups in total. The predicted octanol–water partition coefficient (Wildman–Crippen LogP) is 1.87. The quantitative estimate of drug-likeness (QED) is 0.461. The van der Waals surface area contributed by atoms with Gasteiger partial charge in [0.25, 0.3) is 11.8 Å². The molecule has 18 heavy (non-hydrogen) atoms. The lowest BCUT2D eigenvalue weighted by Crippen LogP contribution is -2.29. The highest BCUT2D eigenvalue weighted by Gasteiger charge is 2.24. The highest BCUT2D eigenvalue weighted by molar-refractivity contribution is 6.28. The topological polar surface area (TPSA) is 54.5 Å². The van der Waals surface area contributed by atoms with Gasteiger partial charge < -0.3 is 0 Å². The zero-order valence-corrected chi connectivity index (χ0v) is 9.84. The molecule has 90 valence electrons. The molecule has 0 radical (unpaired) electrons. The molecule has 0 fully saturated rings. The summed E-state index contributed by atoms with van der Waals surface area (Å²) in [6.45, 7) is 5.21. The molecule has 2 rings (SSSR count). The van der Waals surface area contributed by atoms with Crippen molar-refractivity contribution >= 4 is 23.3 Å². The molecule has 2 amide bonds. The smallest absolute Gasteiger partial charge is 0.258 e. The molecule has 4 nitrogen and oxygen atoms in total. The van der Waals surface area contributed by atoms with Gasteiger partial charge in [-0.15, -0.1) is 0 Å². The Balaban J connectivity index is 2.28. The van der Waals surface area contributed by atoms with E-state index in [1.165, 1.54) is 12.2 Å². The first-order valence-electron chi connectivity index (χ1n) is 5.37. The summed E-state index contributed by atoms with van der Waals surface area (Å²) in [6.07, 6.45) is 2.44. The monoisotopic (exact) mass is 241 g/mol. The van der Waals surface area contributed by atoms with Gasteiger partial charge in [0.2, 0.25) is 0 Å². The van der Waals surface area contributed by atoms with Gasteiger partial charge >= 0.3 is 0 Å². The molecule has 0 bridgehead atoms. The fourth-order valence-electron chi connectivity index (χ4n) is 1.66. The van der Waals surface area contributed by atoms with Crippen LogP contribution in [0.3, 0.4) is 0 Å².